The fourth-order valence-electron chi connectivity index (χ4n) is 6.64. The van der Waals surface area contributed by atoms with Crippen molar-refractivity contribution < 1.29 is 4.79 Å². The minimum atomic E-state index is -0.0260. The number of hydrogen-bond acceptors (Lipinski definition) is 2. The number of carbonyl (C=O) groups excluding carboxylic acids is 1. The van der Waals surface area contributed by atoms with E-state index in [0.29, 0.717) is 17.9 Å². The number of hydrogen-bond donors (Lipinski definition) is 2. The summed E-state index contributed by atoms with van der Waals surface area (Å²) in [5.41, 5.74) is 6.82. The van der Waals surface area contributed by atoms with Gasteiger partial charge >= 0.3 is 0 Å². The monoisotopic (exact) mass is 422 g/mol. The van der Waals surface area contributed by atoms with Crippen molar-refractivity contribution in [3.05, 3.63) is 95.1 Å². The predicted molar refractivity (Wildman–Crippen MR) is 130 cm³/mol. The van der Waals surface area contributed by atoms with Crippen LogP contribution in [0.3, 0.4) is 0 Å². The second-order valence-corrected chi connectivity index (χ2v) is 9.78. The minimum Gasteiger partial charge on any atom is -0.378 e. The van der Waals surface area contributed by atoms with Gasteiger partial charge in [0.2, 0.25) is 0 Å². The molecule has 6 rings (SSSR count). The third-order valence-corrected chi connectivity index (χ3v) is 8.13. The first kappa shape index (κ1) is 19.6. The molecule has 162 valence electrons. The Morgan fingerprint density at radius 3 is 2.53 bits per heavy atom. The van der Waals surface area contributed by atoms with Crippen LogP contribution in [-0.2, 0) is 6.42 Å². The van der Waals surface area contributed by atoms with Crippen molar-refractivity contribution in [2.75, 3.05) is 10.6 Å². The van der Waals surface area contributed by atoms with E-state index in [1.165, 1.54) is 41.6 Å². The van der Waals surface area contributed by atoms with Crippen LogP contribution in [0.4, 0.5) is 11.4 Å². The van der Waals surface area contributed by atoms with Gasteiger partial charge in [0.05, 0.1) is 6.04 Å². The molecule has 2 fully saturated rings. The van der Waals surface area contributed by atoms with Gasteiger partial charge in [-0.2, -0.15) is 0 Å². The fraction of sp³-hybridized carbons (Fsp3) is 0.345. The van der Waals surface area contributed by atoms with Gasteiger partial charge in [-0.15, -0.1) is 0 Å². The first-order chi connectivity index (χ1) is 15.7. The normalized spacial score (nSPS) is 27.3. The van der Waals surface area contributed by atoms with E-state index in [9.17, 15) is 4.79 Å². The number of fused-ring (bicyclic) bond motifs is 7. The lowest BCUT2D eigenvalue weighted by Crippen LogP contribution is -2.35. The zero-order chi connectivity index (χ0) is 21.7. The Bertz CT molecular complexity index is 1140. The van der Waals surface area contributed by atoms with Crippen molar-refractivity contribution in [3.8, 4) is 0 Å². The zero-order valence-corrected chi connectivity index (χ0v) is 18.6. The van der Waals surface area contributed by atoms with Crippen LogP contribution >= 0.6 is 0 Å². The number of nitrogens with one attached hydrogen (secondary N) is 2. The number of carbonyl (C=O) groups is 1. The van der Waals surface area contributed by atoms with Crippen LogP contribution in [0, 0.1) is 17.8 Å². The summed E-state index contributed by atoms with van der Waals surface area (Å²) in [4.78, 5) is 13.1. The summed E-state index contributed by atoms with van der Waals surface area (Å²) in [6.45, 7) is 2.14. The van der Waals surface area contributed by atoms with Crippen LogP contribution in [0.5, 0.6) is 0 Å². The van der Waals surface area contributed by atoms with Crippen LogP contribution in [0.1, 0.15) is 65.2 Å². The number of aryl methyl sites for hydroxylation is 1. The molecule has 2 N–H and O–H groups in total. The molecule has 3 heteroatoms. The summed E-state index contributed by atoms with van der Waals surface area (Å²) in [5, 5.41) is 6.95. The first-order valence-corrected chi connectivity index (χ1v) is 12.1. The van der Waals surface area contributed by atoms with E-state index >= 15 is 0 Å². The molecule has 32 heavy (non-hydrogen) atoms. The van der Waals surface area contributed by atoms with Crippen LogP contribution in [0.2, 0.25) is 0 Å². The summed E-state index contributed by atoms with van der Waals surface area (Å²) >= 11 is 0. The van der Waals surface area contributed by atoms with E-state index in [1.807, 2.05) is 18.2 Å². The van der Waals surface area contributed by atoms with E-state index in [2.05, 4.69) is 72.2 Å². The second-order valence-electron chi connectivity index (χ2n) is 9.78. The summed E-state index contributed by atoms with van der Waals surface area (Å²) < 4.78 is 0. The topological polar surface area (TPSA) is 41.1 Å². The number of anilines is 2. The van der Waals surface area contributed by atoms with Gasteiger partial charge in [0, 0.05) is 16.9 Å². The molecule has 2 saturated carbocycles. The SMILES string of the molecule is CCc1ccc(NC(=O)c2ccc3c(c2)[C@H]2[C@@H]4CC[C@@H](C4)[C@H]2[C@H](c2ccccc2)N3)cc1. The molecule has 5 atom stereocenters. The van der Waals surface area contributed by atoms with Crippen LogP contribution < -0.4 is 10.6 Å². The van der Waals surface area contributed by atoms with E-state index in [1.54, 1.807) is 0 Å². The van der Waals surface area contributed by atoms with Crippen LogP contribution in [0.25, 0.3) is 0 Å². The maximum atomic E-state index is 13.1. The molecule has 0 spiro atoms. The maximum absolute atomic E-state index is 13.1. The fourth-order valence-corrected chi connectivity index (χ4v) is 6.64. The molecule has 1 heterocycles. The molecular weight excluding hydrogens is 392 g/mol. The van der Waals surface area contributed by atoms with E-state index in [0.717, 1.165) is 29.5 Å². The number of benzene rings is 3. The van der Waals surface area contributed by atoms with Gasteiger partial charge in [-0.3, -0.25) is 4.79 Å². The summed E-state index contributed by atoms with van der Waals surface area (Å²) in [5.74, 6) is 2.67. The molecule has 1 amide bonds. The lowest BCUT2D eigenvalue weighted by molar-refractivity contribution is 0.102. The Labute approximate surface area is 190 Å². The quantitative estimate of drug-likeness (QED) is 0.485. The molecule has 3 nitrogen and oxygen atoms in total. The molecule has 3 aliphatic rings. The summed E-state index contributed by atoms with van der Waals surface area (Å²) in [6, 6.07) is 25.7. The van der Waals surface area contributed by atoms with Gasteiger partial charge in [0.1, 0.15) is 0 Å². The van der Waals surface area contributed by atoms with Crippen molar-refractivity contribution in [2.24, 2.45) is 17.8 Å². The Morgan fingerprint density at radius 1 is 0.969 bits per heavy atom. The maximum Gasteiger partial charge on any atom is 0.255 e. The molecule has 1 aliphatic heterocycles. The van der Waals surface area contributed by atoms with Crippen molar-refractivity contribution in [2.45, 2.75) is 44.6 Å². The molecule has 0 saturated heterocycles. The summed E-state index contributed by atoms with van der Waals surface area (Å²) in [6.07, 6.45) is 5.01. The molecule has 2 aliphatic carbocycles. The predicted octanol–water partition coefficient (Wildman–Crippen LogP) is 6.80. The van der Waals surface area contributed by atoms with Crippen molar-refractivity contribution in [3.63, 3.8) is 0 Å². The molecular formula is C29H30N2O. The highest BCUT2D eigenvalue weighted by Crippen LogP contribution is 2.63. The third-order valence-electron chi connectivity index (χ3n) is 8.13. The lowest BCUT2D eigenvalue weighted by Gasteiger charge is -2.43. The standard InChI is InChI=1S/C29H30N2O/c1-2-18-8-13-23(14-9-18)30-29(32)22-12-15-25-24(17-22)26-20-10-11-21(16-20)27(26)28(31-25)19-6-4-3-5-7-19/h3-9,12-15,17,20-21,26-28,31H,2,10-11,16H2,1H3,(H,30,32)/t20-,21+,26-,27-,28+/m1/s1. The molecule has 0 unspecified atom stereocenters. The van der Waals surface area contributed by atoms with E-state index in [-0.39, 0.29) is 5.91 Å². The van der Waals surface area contributed by atoms with E-state index in [4.69, 9.17) is 0 Å². The lowest BCUT2D eigenvalue weighted by atomic mass is 9.68. The van der Waals surface area contributed by atoms with Gasteiger partial charge in [0.25, 0.3) is 5.91 Å². The highest BCUT2D eigenvalue weighted by Gasteiger charge is 2.53. The molecule has 0 radical (unpaired) electrons. The van der Waals surface area contributed by atoms with Crippen LogP contribution in [-0.4, -0.2) is 5.91 Å². The zero-order valence-electron chi connectivity index (χ0n) is 18.6. The Kier molecular flexibility index (Phi) is 4.78. The van der Waals surface area contributed by atoms with Gasteiger partial charge in [-0.05, 0) is 96.4 Å². The van der Waals surface area contributed by atoms with Gasteiger partial charge in [0.15, 0.2) is 0 Å². The highest BCUT2D eigenvalue weighted by molar-refractivity contribution is 6.04. The molecule has 2 bridgehead atoms. The largest absolute Gasteiger partial charge is 0.378 e. The Balaban J connectivity index is 1.32. The molecule has 3 aromatic carbocycles. The Hall–Kier alpha value is -3.07. The molecule has 3 aromatic rings. The average molecular weight is 423 g/mol. The van der Waals surface area contributed by atoms with Crippen molar-refractivity contribution in [1.82, 2.24) is 0 Å². The van der Waals surface area contributed by atoms with Gasteiger partial charge in [-0.25, -0.2) is 0 Å². The minimum absolute atomic E-state index is 0.0260. The van der Waals surface area contributed by atoms with Crippen molar-refractivity contribution in [1.29, 1.82) is 0 Å². The van der Waals surface area contributed by atoms with Gasteiger partial charge < -0.3 is 10.6 Å². The van der Waals surface area contributed by atoms with E-state index < -0.39 is 0 Å². The molecule has 0 aromatic heterocycles. The van der Waals surface area contributed by atoms with Crippen LogP contribution in [0.15, 0.2) is 72.8 Å². The Morgan fingerprint density at radius 2 is 1.75 bits per heavy atom. The number of amides is 1. The average Bonchev–Trinajstić information content (AvgIpc) is 3.47. The smallest absolute Gasteiger partial charge is 0.255 e. The summed E-state index contributed by atoms with van der Waals surface area (Å²) in [7, 11) is 0. The first-order valence-electron chi connectivity index (χ1n) is 12.1. The van der Waals surface area contributed by atoms with Gasteiger partial charge in [-0.1, -0.05) is 49.4 Å². The van der Waals surface area contributed by atoms with Crippen molar-refractivity contribution >= 4 is 17.3 Å². The third kappa shape index (κ3) is 3.23. The second kappa shape index (κ2) is 7.81. The highest BCUT2D eigenvalue weighted by atomic mass is 16.1. The number of rotatable bonds is 4.